The van der Waals surface area contributed by atoms with Gasteiger partial charge in [-0.1, -0.05) is 18.0 Å². The Morgan fingerprint density at radius 2 is 2.12 bits per heavy atom. The maximum Gasteiger partial charge on any atom is 0.315 e. The molecule has 1 saturated carbocycles. The van der Waals surface area contributed by atoms with E-state index in [1.54, 1.807) is 6.20 Å². The minimum atomic E-state index is -0.142. The Hall–Kier alpha value is -2.31. The largest absolute Gasteiger partial charge is 0.361 e. The Labute approximate surface area is 147 Å². The fourth-order valence-electron chi connectivity index (χ4n) is 4.04. The maximum atomic E-state index is 12.4. The van der Waals surface area contributed by atoms with Gasteiger partial charge < -0.3 is 15.2 Å². The molecular formula is C18H25N5O2. The number of aromatic nitrogens is 3. The Balaban J connectivity index is 1.34. The average Bonchev–Trinajstić information content (AvgIpc) is 3.30. The molecule has 2 aromatic heterocycles. The van der Waals surface area contributed by atoms with Crippen molar-refractivity contribution in [2.24, 2.45) is 0 Å². The summed E-state index contributed by atoms with van der Waals surface area (Å²) in [6.07, 6.45) is 12.4. The van der Waals surface area contributed by atoms with E-state index < -0.39 is 0 Å². The topological polar surface area (TPSA) is 85.0 Å². The van der Waals surface area contributed by atoms with Gasteiger partial charge in [-0.3, -0.25) is 4.68 Å². The molecule has 7 heteroatoms. The lowest BCUT2D eigenvalue weighted by molar-refractivity contribution is 0.213. The third-order valence-corrected chi connectivity index (χ3v) is 5.36. The van der Waals surface area contributed by atoms with Gasteiger partial charge in [0.15, 0.2) is 0 Å². The minimum absolute atomic E-state index is 0.111. The third kappa shape index (κ3) is 3.55. The SMILES string of the molecule is O=C(NCc1noc2c1CCCC2)NC1CCCCC1n1cccn1. The van der Waals surface area contributed by atoms with Gasteiger partial charge >= 0.3 is 6.03 Å². The first kappa shape index (κ1) is 16.2. The van der Waals surface area contributed by atoms with Crippen LogP contribution in [0, 0.1) is 0 Å². The number of aryl methyl sites for hydroxylation is 1. The monoisotopic (exact) mass is 343 g/mol. The predicted octanol–water partition coefficient (Wildman–Crippen LogP) is 2.73. The summed E-state index contributed by atoms with van der Waals surface area (Å²) in [4.78, 5) is 12.4. The number of amides is 2. The summed E-state index contributed by atoms with van der Waals surface area (Å²) in [5, 5.41) is 14.6. The van der Waals surface area contributed by atoms with E-state index >= 15 is 0 Å². The van der Waals surface area contributed by atoms with E-state index in [2.05, 4.69) is 20.9 Å². The Bertz CT molecular complexity index is 709. The summed E-state index contributed by atoms with van der Waals surface area (Å²) in [6, 6.07) is 2.13. The van der Waals surface area contributed by atoms with Crippen molar-refractivity contribution in [3.8, 4) is 0 Å². The highest BCUT2D eigenvalue weighted by Crippen LogP contribution is 2.28. The van der Waals surface area contributed by atoms with Crippen LogP contribution in [0.5, 0.6) is 0 Å². The highest BCUT2D eigenvalue weighted by Gasteiger charge is 2.28. The van der Waals surface area contributed by atoms with Gasteiger partial charge in [0.05, 0.1) is 18.6 Å². The van der Waals surface area contributed by atoms with Gasteiger partial charge in [0.1, 0.15) is 11.5 Å². The van der Waals surface area contributed by atoms with Crippen LogP contribution in [0.15, 0.2) is 23.0 Å². The first-order valence-electron chi connectivity index (χ1n) is 9.31. The van der Waals surface area contributed by atoms with E-state index in [9.17, 15) is 4.79 Å². The molecule has 2 atom stereocenters. The van der Waals surface area contributed by atoms with Gasteiger partial charge in [0.2, 0.25) is 0 Å². The number of hydrogen-bond donors (Lipinski definition) is 2. The zero-order chi connectivity index (χ0) is 17.1. The molecule has 0 radical (unpaired) electrons. The highest BCUT2D eigenvalue weighted by atomic mass is 16.5. The van der Waals surface area contributed by atoms with Crippen molar-refractivity contribution in [3.05, 3.63) is 35.5 Å². The Morgan fingerprint density at radius 3 is 3.00 bits per heavy atom. The third-order valence-electron chi connectivity index (χ3n) is 5.36. The van der Waals surface area contributed by atoms with Crippen molar-refractivity contribution in [3.63, 3.8) is 0 Å². The number of rotatable bonds is 4. The second-order valence-electron chi connectivity index (χ2n) is 7.01. The van der Waals surface area contributed by atoms with Crippen LogP contribution in [0.3, 0.4) is 0 Å². The van der Waals surface area contributed by atoms with Gasteiger partial charge in [-0.05, 0) is 38.2 Å². The van der Waals surface area contributed by atoms with Crippen LogP contribution in [-0.4, -0.2) is 27.0 Å². The van der Waals surface area contributed by atoms with E-state index in [1.807, 2.05) is 16.9 Å². The summed E-state index contributed by atoms with van der Waals surface area (Å²) in [7, 11) is 0. The lowest BCUT2D eigenvalue weighted by Crippen LogP contribution is -2.47. The fourth-order valence-corrected chi connectivity index (χ4v) is 4.04. The van der Waals surface area contributed by atoms with Gasteiger partial charge in [-0.25, -0.2) is 4.79 Å². The molecule has 134 valence electrons. The van der Waals surface area contributed by atoms with Crippen molar-refractivity contribution in [1.29, 1.82) is 0 Å². The van der Waals surface area contributed by atoms with Crippen molar-refractivity contribution in [2.45, 2.75) is 70.0 Å². The molecule has 0 aliphatic heterocycles. The maximum absolute atomic E-state index is 12.4. The van der Waals surface area contributed by atoms with Gasteiger partial charge in [0.25, 0.3) is 0 Å². The number of nitrogens with one attached hydrogen (secondary N) is 2. The molecule has 7 nitrogen and oxygen atoms in total. The smallest absolute Gasteiger partial charge is 0.315 e. The average molecular weight is 343 g/mol. The number of hydrogen-bond acceptors (Lipinski definition) is 4. The van der Waals surface area contributed by atoms with Crippen LogP contribution in [-0.2, 0) is 19.4 Å². The first-order chi connectivity index (χ1) is 12.3. The van der Waals surface area contributed by atoms with Gasteiger partial charge in [-0.15, -0.1) is 0 Å². The molecule has 4 rings (SSSR count). The quantitative estimate of drug-likeness (QED) is 0.894. The van der Waals surface area contributed by atoms with Crippen LogP contribution >= 0.6 is 0 Å². The van der Waals surface area contributed by atoms with Crippen LogP contribution in [0.4, 0.5) is 4.79 Å². The molecule has 0 saturated heterocycles. The molecule has 2 aromatic rings. The second kappa shape index (κ2) is 7.29. The number of carbonyl (C=O) groups is 1. The zero-order valence-electron chi connectivity index (χ0n) is 14.4. The molecule has 2 heterocycles. The lowest BCUT2D eigenvalue weighted by atomic mass is 9.90. The van der Waals surface area contributed by atoms with E-state index in [0.717, 1.165) is 50.0 Å². The minimum Gasteiger partial charge on any atom is -0.361 e. The molecule has 0 aromatic carbocycles. The highest BCUT2D eigenvalue weighted by molar-refractivity contribution is 5.74. The number of nitrogens with zero attached hydrogens (tertiary/aromatic N) is 3. The van der Waals surface area contributed by atoms with Crippen molar-refractivity contribution < 1.29 is 9.32 Å². The van der Waals surface area contributed by atoms with E-state index in [-0.39, 0.29) is 18.1 Å². The number of urea groups is 1. The molecule has 25 heavy (non-hydrogen) atoms. The molecule has 1 fully saturated rings. The summed E-state index contributed by atoms with van der Waals surface area (Å²) < 4.78 is 7.37. The lowest BCUT2D eigenvalue weighted by Gasteiger charge is -2.32. The van der Waals surface area contributed by atoms with Gasteiger partial charge in [-0.2, -0.15) is 5.10 Å². The molecule has 0 bridgehead atoms. The Kier molecular flexibility index (Phi) is 4.72. The van der Waals surface area contributed by atoms with Crippen LogP contribution < -0.4 is 10.6 Å². The molecule has 0 spiro atoms. The van der Waals surface area contributed by atoms with Crippen LogP contribution in [0.2, 0.25) is 0 Å². The summed E-state index contributed by atoms with van der Waals surface area (Å²) in [5.41, 5.74) is 2.07. The Morgan fingerprint density at radius 1 is 1.24 bits per heavy atom. The van der Waals surface area contributed by atoms with Crippen molar-refractivity contribution >= 4 is 6.03 Å². The molecular weight excluding hydrogens is 318 g/mol. The van der Waals surface area contributed by atoms with Crippen LogP contribution in [0.25, 0.3) is 0 Å². The second-order valence-corrected chi connectivity index (χ2v) is 7.01. The molecule has 2 unspecified atom stereocenters. The fraction of sp³-hybridized carbons (Fsp3) is 0.611. The predicted molar refractivity (Wildman–Crippen MR) is 92.0 cm³/mol. The zero-order valence-corrected chi connectivity index (χ0v) is 14.4. The molecule has 2 aliphatic rings. The normalized spacial score (nSPS) is 23.0. The van der Waals surface area contributed by atoms with Crippen LogP contribution in [0.1, 0.15) is 61.6 Å². The van der Waals surface area contributed by atoms with Gasteiger partial charge in [0, 0.05) is 24.4 Å². The summed E-state index contributed by atoms with van der Waals surface area (Å²) in [6.45, 7) is 0.420. The molecule has 2 aliphatic carbocycles. The van der Waals surface area contributed by atoms with Crippen molar-refractivity contribution in [2.75, 3.05) is 0 Å². The first-order valence-corrected chi connectivity index (χ1v) is 9.31. The van der Waals surface area contributed by atoms with Crippen molar-refractivity contribution in [1.82, 2.24) is 25.6 Å². The molecule has 2 N–H and O–H groups in total. The van der Waals surface area contributed by atoms with E-state index in [1.165, 1.54) is 18.4 Å². The standard InChI is InChI=1S/C18H25N5O2/c24-18(19-12-15-13-6-1-4-9-17(13)25-22-15)21-14-7-2-3-8-16(14)23-11-5-10-20-23/h5,10-11,14,16H,1-4,6-9,12H2,(H2,19,21,24). The van der Waals surface area contributed by atoms with E-state index in [4.69, 9.17) is 4.52 Å². The number of carbonyl (C=O) groups excluding carboxylic acids is 1. The van der Waals surface area contributed by atoms with E-state index in [0.29, 0.717) is 6.54 Å². The molecule has 2 amide bonds. The number of fused-ring (bicyclic) bond motifs is 1. The summed E-state index contributed by atoms with van der Waals surface area (Å²) >= 11 is 0. The summed E-state index contributed by atoms with van der Waals surface area (Å²) in [5.74, 6) is 0.995.